The molecule has 1 fully saturated rings. The lowest BCUT2D eigenvalue weighted by molar-refractivity contribution is -0.150. The van der Waals surface area contributed by atoms with Crippen LogP contribution in [0, 0.1) is 5.82 Å². The highest BCUT2D eigenvalue weighted by molar-refractivity contribution is 6.30. The molecule has 0 radical (unpaired) electrons. The van der Waals surface area contributed by atoms with Gasteiger partial charge in [-0.1, -0.05) is 17.7 Å². The predicted octanol–water partition coefficient (Wildman–Crippen LogP) is 1.82. The van der Waals surface area contributed by atoms with Crippen molar-refractivity contribution in [3.8, 4) is 0 Å². The van der Waals surface area contributed by atoms with Crippen LogP contribution < -0.4 is 5.32 Å². The third kappa shape index (κ3) is 3.69. The van der Waals surface area contributed by atoms with E-state index in [1.807, 2.05) is 4.90 Å². The van der Waals surface area contributed by atoms with Crippen LogP contribution in [0.5, 0.6) is 0 Å². The van der Waals surface area contributed by atoms with Crippen LogP contribution in [0.2, 0.25) is 5.02 Å². The van der Waals surface area contributed by atoms with Crippen molar-refractivity contribution in [1.82, 2.24) is 10.2 Å². The van der Waals surface area contributed by atoms with Crippen LogP contribution in [0.25, 0.3) is 0 Å². The molecular formula is C14H18ClFN2O2. The Bertz CT molecular complexity index is 484. The van der Waals surface area contributed by atoms with Gasteiger partial charge in [-0.2, -0.15) is 0 Å². The molecule has 1 heterocycles. The molecule has 1 aliphatic rings. The summed E-state index contributed by atoms with van der Waals surface area (Å²) in [5.41, 5.74) is 0.795. The molecule has 0 amide bonds. The second-order valence-electron chi connectivity index (χ2n) is 4.69. The number of carbonyl (C=O) groups is 1. The fourth-order valence-corrected chi connectivity index (χ4v) is 2.40. The number of nitrogens with zero attached hydrogens (tertiary/aromatic N) is 1. The Labute approximate surface area is 122 Å². The number of halogens is 2. The van der Waals surface area contributed by atoms with Crippen LogP contribution in [0.3, 0.4) is 0 Å². The first-order chi connectivity index (χ1) is 9.61. The summed E-state index contributed by atoms with van der Waals surface area (Å²) in [6.07, 6.45) is 0. The molecule has 1 aromatic rings. The van der Waals surface area contributed by atoms with Gasteiger partial charge in [0.2, 0.25) is 0 Å². The number of piperazine rings is 1. The molecule has 20 heavy (non-hydrogen) atoms. The average Bonchev–Trinajstić information content (AvgIpc) is 2.44. The summed E-state index contributed by atoms with van der Waals surface area (Å²) in [6.45, 7) is 4.71. The highest BCUT2D eigenvalue weighted by atomic mass is 35.5. The summed E-state index contributed by atoms with van der Waals surface area (Å²) in [7, 11) is 0. The first-order valence-electron chi connectivity index (χ1n) is 6.67. The minimum Gasteiger partial charge on any atom is -0.465 e. The summed E-state index contributed by atoms with van der Waals surface area (Å²) in [5, 5.41) is 3.28. The van der Waals surface area contributed by atoms with Gasteiger partial charge in [-0.3, -0.25) is 9.69 Å². The Balaban J connectivity index is 2.08. The normalized spacial score (nSPS) is 19.9. The van der Waals surface area contributed by atoms with E-state index in [1.165, 1.54) is 12.1 Å². The molecular weight excluding hydrogens is 283 g/mol. The number of carbonyl (C=O) groups excluding carboxylic acids is 1. The molecule has 1 saturated heterocycles. The maximum absolute atomic E-state index is 13.5. The number of benzene rings is 1. The van der Waals surface area contributed by atoms with Gasteiger partial charge >= 0.3 is 5.97 Å². The van der Waals surface area contributed by atoms with Crippen molar-refractivity contribution in [2.75, 3.05) is 26.2 Å². The maximum atomic E-state index is 13.5. The standard InChI is InChI=1S/C14H18ClFN2O2/c1-2-20-14(19)13-8-17-5-6-18(13)9-10-3-4-11(15)12(16)7-10/h3-4,7,13,17H,2,5-6,8-9H2,1H3. The van der Waals surface area contributed by atoms with Crippen LogP contribution in [0.15, 0.2) is 18.2 Å². The van der Waals surface area contributed by atoms with Crippen molar-refractivity contribution in [2.45, 2.75) is 19.5 Å². The van der Waals surface area contributed by atoms with Gasteiger partial charge in [0.15, 0.2) is 0 Å². The number of esters is 1. The lowest BCUT2D eigenvalue weighted by Crippen LogP contribution is -2.54. The highest BCUT2D eigenvalue weighted by Gasteiger charge is 2.29. The molecule has 4 nitrogen and oxygen atoms in total. The summed E-state index contributed by atoms with van der Waals surface area (Å²) in [5.74, 6) is -0.680. The van der Waals surface area contributed by atoms with Crippen LogP contribution in [0.1, 0.15) is 12.5 Å². The fraction of sp³-hybridized carbons (Fsp3) is 0.500. The third-order valence-electron chi connectivity index (χ3n) is 3.28. The van der Waals surface area contributed by atoms with Gasteiger partial charge in [0.1, 0.15) is 11.9 Å². The molecule has 0 bridgehead atoms. The van der Waals surface area contributed by atoms with Gasteiger partial charge in [-0.25, -0.2) is 4.39 Å². The minimum atomic E-state index is -0.438. The van der Waals surface area contributed by atoms with Crippen molar-refractivity contribution in [1.29, 1.82) is 0 Å². The number of ether oxygens (including phenoxy) is 1. The monoisotopic (exact) mass is 300 g/mol. The molecule has 0 saturated carbocycles. The second kappa shape index (κ2) is 7.02. The van der Waals surface area contributed by atoms with Gasteiger partial charge in [-0.05, 0) is 24.6 Å². The molecule has 110 valence electrons. The smallest absolute Gasteiger partial charge is 0.324 e. The van der Waals surface area contributed by atoms with E-state index in [2.05, 4.69) is 5.32 Å². The second-order valence-corrected chi connectivity index (χ2v) is 5.10. The predicted molar refractivity (Wildman–Crippen MR) is 75.1 cm³/mol. The molecule has 1 N–H and O–H groups in total. The average molecular weight is 301 g/mol. The molecule has 0 aliphatic carbocycles. The number of rotatable bonds is 4. The van der Waals surface area contributed by atoms with Gasteiger partial charge in [-0.15, -0.1) is 0 Å². The zero-order valence-electron chi connectivity index (χ0n) is 11.4. The van der Waals surface area contributed by atoms with Crippen LogP contribution in [0.4, 0.5) is 4.39 Å². The molecule has 0 aromatic heterocycles. The van der Waals surface area contributed by atoms with E-state index in [1.54, 1.807) is 13.0 Å². The van der Waals surface area contributed by atoms with E-state index in [0.717, 1.165) is 12.1 Å². The Morgan fingerprint density at radius 3 is 3.10 bits per heavy atom. The van der Waals surface area contributed by atoms with Crippen molar-refractivity contribution in [2.24, 2.45) is 0 Å². The van der Waals surface area contributed by atoms with Gasteiger partial charge < -0.3 is 10.1 Å². The van der Waals surface area contributed by atoms with Crippen LogP contribution in [-0.2, 0) is 16.1 Å². The quantitative estimate of drug-likeness (QED) is 0.861. The molecule has 1 atom stereocenters. The SMILES string of the molecule is CCOC(=O)C1CNCCN1Cc1ccc(Cl)c(F)c1. The molecule has 1 aromatic carbocycles. The first kappa shape index (κ1) is 15.2. The number of hydrogen-bond acceptors (Lipinski definition) is 4. The lowest BCUT2D eigenvalue weighted by Gasteiger charge is -2.34. The van der Waals surface area contributed by atoms with E-state index >= 15 is 0 Å². The summed E-state index contributed by atoms with van der Waals surface area (Å²) >= 11 is 5.67. The number of hydrogen-bond donors (Lipinski definition) is 1. The van der Waals surface area contributed by atoms with E-state index in [9.17, 15) is 9.18 Å². The zero-order chi connectivity index (χ0) is 14.5. The summed E-state index contributed by atoms with van der Waals surface area (Å²) in [4.78, 5) is 13.9. The largest absolute Gasteiger partial charge is 0.465 e. The van der Waals surface area contributed by atoms with Gasteiger partial charge in [0.05, 0.1) is 11.6 Å². The lowest BCUT2D eigenvalue weighted by atomic mass is 10.1. The first-order valence-corrected chi connectivity index (χ1v) is 7.05. The maximum Gasteiger partial charge on any atom is 0.324 e. The van der Waals surface area contributed by atoms with E-state index < -0.39 is 5.82 Å². The Morgan fingerprint density at radius 1 is 1.60 bits per heavy atom. The van der Waals surface area contributed by atoms with Crippen molar-refractivity contribution >= 4 is 17.6 Å². The highest BCUT2D eigenvalue weighted by Crippen LogP contribution is 2.18. The number of nitrogens with one attached hydrogen (secondary N) is 1. The topological polar surface area (TPSA) is 41.6 Å². The van der Waals surface area contributed by atoms with E-state index in [-0.39, 0.29) is 17.0 Å². The third-order valence-corrected chi connectivity index (χ3v) is 3.59. The van der Waals surface area contributed by atoms with E-state index in [4.69, 9.17) is 16.3 Å². The van der Waals surface area contributed by atoms with Crippen LogP contribution >= 0.6 is 11.6 Å². The minimum absolute atomic E-state index is 0.107. The van der Waals surface area contributed by atoms with Gasteiger partial charge in [0.25, 0.3) is 0 Å². The van der Waals surface area contributed by atoms with Crippen LogP contribution in [-0.4, -0.2) is 43.2 Å². The molecule has 0 spiro atoms. The zero-order valence-corrected chi connectivity index (χ0v) is 12.1. The summed E-state index contributed by atoms with van der Waals surface area (Å²) < 4.78 is 18.5. The van der Waals surface area contributed by atoms with Gasteiger partial charge in [0, 0.05) is 26.2 Å². The Morgan fingerprint density at radius 2 is 2.40 bits per heavy atom. The van der Waals surface area contributed by atoms with Crippen molar-refractivity contribution in [3.63, 3.8) is 0 Å². The molecule has 1 unspecified atom stereocenters. The summed E-state index contributed by atoms with van der Waals surface area (Å²) in [6, 6.07) is 4.39. The molecule has 2 rings (SSSR count). The fourth-order valence-electron chi connectivity index (χ4n) is 2.28. The van der Waals surface area contributed by atoms with Crippen molar-refractivity contribution < 1.29 is 13.9 Å². The molecule has 1 aliphatic heterocycles. The Hall–Kier alpha value is -1.17. The Kier molecular flexibility index (Phi) is 5.34. The van der Waals surface area contributed by atoms with Crippen molar-refractivity contribution in [3.05, 3.63) is 34.6 Å². The van der Waals surface area contributed by atoms with E-state index in [0.29, 0.717) is 26.2 Å². The molecule has 6 heteroatoms.